The maximum absolute atomic E-state index is 12.6. The van der Waals surface area contributed by atoms with Crippen molar-refractivity contribution in [2.24, 2.45) is 0 Å². The number of hydrogen-bond donors (Lipinski definition) is 1. The molecule has 0 atom stereocenters. The Morgan fingerprint density at radius 3 is 2.75 bits per heavy atom. The highest BCUT2D eigenvalue weighted by Crippen LogP contribution is 2.25. The van der Waals surface area contributed by atoms with Crippen LogP contribution in [0.3, 0.4) is 0 Å². The minimum absolute atomic E-state index is 0.503. The van der Waals surface area contributed by atoms with Gasteiger partial charge >= 0.3 is 0 Å². The molecule has 3 nitrogen and oxygen atoms in total. The van der Waals surface area contributed by atoms with Gasteiger partial charge in [-0.2, -0.15) is 0 Å². The minimum atomic E-state index is -0.503. The second-order valence-corrected chi connectivity index (χ2v) is 3.60. The van der Waals surface area contributed by atoms with Crippen LogP contribution in [0.2, 0.25) is 0 Å². The number of aromatic nitrogens is 2. The normalized spacial score (nSPS) is 10.4. The molecule has 1 aromatic carbocycles. The van der Waals surface area contributed by atoms with Crippen molar-refractivity contribution in [1.29, 1.82) is 0 Å². The van der Waals surface area contributed by atoms with E-state index < -0.39 is 6.67 Å². The molecule has 0 aliphatic heterocycles. The summed E-state index contributed by atoms with van der Waals surface area (Å²) in [6.07, 6.45) is 1.48. The summed E-state index contributed by atoms with van der Waals surface area (Å²) in [4.78, 5) is 8.14. The van der Waals surface area contributed by atoms with E-state index in [0.29, 0.717) is 11.3 Å². The maximum Gasteiger partial charge on any atom is 0.116 e. The minimum Gasteiger partial charge on any atom is -0.398 e. The molecule has 0 amide bonds. The van der Waals surface area contributed by atoms with Gasteiger partial charge in [-0.1, -0.05) is 6.07 Å². The third-order valence-electron chi connectivity index (χ3n) is 2.35. The third kappa shape index (κ3) is 2.00. The lowest BCUT2D eigenvalue weighted by atomic mass is 10.1. The SMILES string of the molecule is Cc1cc(-c2cc(CF)ccc2N)ncn1. The van der Waals surface area contributed by atoms with Gasteiger partial charge in [0.25, 0.3) is 0 Å². The van der Waals surface area contributed by atoms with Crippen molar-refractivity contribution in [2.75, 3.05) is 5.73 Å². The van der Waals surface area contributed by atoms with Gasteiger partial charge in [-0.3, -0.25) is 0 Å². The first-order valence-electron chi connectivity index (χ1n) is 4.94. The van der Waals surface area contributed by atoms with Gasteiger partial charge in [0.2, 0.25) is 0 Å². The molecule has 0 unspecified atom stereocenters. The zero-order valence-electron chi connectivity index (χ0n) is 8.94. The summed E-state index contributed by atoms with van der Waals surface area (Å²) in [6.45, 7) is 1.37. The van der Waals surface area contributed by atoms with E-state index in [1.807, 2.05) is 13.0 Å². The molecule has 2 aromatic rings. The molecule has 0 aliphatic rings. The van der Waals surface area contributed by atoms with Gasteiger partial charge < -0.3 is 5.73 Å². The van der Waals surface area contributed by atoms with Crippen molar-refractivity contribution in [2.45, 2.75) is 13.6 Å². The van der Waals surface area contributed by atoms with E-state index in [2.05, 4.69) is 9.97 Å². The lowest BCUT2D eigenvalue weighted by Crippen LogP contribution is -1.95. The largest absolute Gasteiger partial charge is 0.398 e. The summed E-state index contributed by atoms with van der Waals surface area (Å²) in [6, 6.07) is 6.92. The van der Waals surface area contributed by atoms with Crippen LogP contribution in [0, 0.1) is 6.92 Å². The summed E-state index contributed by atoms with van der Waals surface area (Å²) in [7, 11) is 0. The van der Waals surface area contributed by atoms with Crippen molar-refractivity contribution in [3.63, 3.8) is 0 Å². The highest BCUT2D eigenvalue weighted by molar-refractivity contribution is 5.74. The number of nitrogen functional groups attached to an aromatic ring is 1. The Morgan fingerprint density at radius 2 is 2.06 bits per heavy atom. The average molecular weight is 217 g/mol. The lowest BCUT2D eigenvalue weighted by molar-refractivity contribution is 0.485. The monoisotopic (exact) mass is 217 g/mol. The Bertz CT molecular complexity index is 511. The standard InChI is InChI=1S/C12H12FN3/c1-8-4-12(16-7-15-8)10-5-9(6-13)2-3-11(10)14/h2-5,7H,6,14H2,1H3. The fourth-order valence-electron chi connectivity index (χ4n) is 1.51. The van der Waals surface area contributed by atoms with Gasteiger partial charge in [-0.05, 0) is 30.7 Å². The second kappa shape index (κ2) is 4.26. The van der Waals surface area contributed by atoms with Crippen molar-refractivity contribution in [1.82, 2.24) is 9.97 Å². The van der Waals surface area contributed by atoms with Crippen LogP contribution in [0.4, 0.5) is 10.1 Å². The smallest absolute Gasteiger partial charge is 0.116 e. The first-order chi connectivity index (χ1) is 7.70. The third-order valence-corrected chi connectivity index (χ3v) is 2.35. The van der Waals surface area contributed by atoms with Gasteiger partial charge in [-0.15, -0.1) is 0 Å². The molecule has 0 radical (unpaired) electrons. The number of halogens is 1. The van der Waals surface area contributed by atoms with Gasteiger partial charge in [0.05, 0.1) is 5.69 Å². The molecule has 0 bridgehead atoms. The molecule has 0 saturated heterocycles. The van der Waals surface area contributed by atoms with E-state index in [1.54, 1.807) is 18.2 Å². The number of alkyl halides is 1. The van der Waals surface area contributed by atoms with Crippen molar-refractivity contribution in [3.8, 4) is 11.3 Å². The van der Waals surface area contributed by atoms with Crippen LogP contribution < -0.4 is 5.73 Å². The average Bonchev–Trinajstić information content (AvgIpc) is 2.30. The number of nitrogens with two attached hydrogens (primary N) is 1. The Kier molecular flexibility index (Phi) is 2.81. The molecule has 1 aromatic heterocycles. The quantitative estimate of drug-likeness (QED) is 0.786. The van der Waals surface area contributed by atoms with E-state index in [4.69, 9.17) is 5.73 Å². The van der Waals surface area contributed by atoms with Crippen LogP contribution in [0.5, 0.6) is 0 Å². The highest BCUT2D eigenvalue weighted by atomic mass is 19.1. The summed E-state index contributed by atoms with van der Waals surface area (Å²) in [5.74, 6) is 0. The maximum atomic E-state index is 12.6. The topological polar surface area (TPSA) is 51.8 Å². The summed E-state index contributed by atoms with van der Waals surface area (Å²) >= 11 is 0. The lowest BCUT2D eigenvalue weighted by Gasteiger charge is -2.06. The fraction of sp³-hybridized carbons (Fsp3) is 0.167. The molecule has 4 heteroatoms. The fourth-order valence-corrected chi connectivity index (χ4v) is 1.51. The molecule has 1 heterocycles. The van der Waals surface area contributed by atoms with Crippen LogP contribution >= 0.6 is 0 Å². The molecular formula is C12H12FN3. The predicted molar refractivity (Wildman–Crippen MR) is 61.4 cm³/mol. The Labute approximate surface area is 93.2 Å². The van der Waals surface area contributed by atoms with Gasteiger partial charge in [-0.25, -0.2) is 14.4 Å². The molecule has 82 valence electrons. The van der Waals surface area contributed by atoms with Gasteiger partial charge in [0.15, 0.2) is 0 Å². The van der Waals surface area contributed by atoms with Crippen LogP contribution in [0.1, 0.15) is 11.3 Å². The Hall–Kier alpha value is -1.97. The molecule has 0 saturated carbocycles. The van der Waals surface area contributed by atoms with E-state index >= 15 is 0 Å². The van der Waals surface area contributed by atoms with Crippen LogP contribution in [0.15, 0.2) is 30.6 Å². The summed E-state index contributed by atoms with van der Waals surface area (Å²) < 4.78 is 12.6. The molecule has 0 aliphatic carbocycles. The molecule has 0 spiro atoms. The van der Waals surface area contributed by atoms with Crippen LogP contribution in [0.25, 0.3) is 11.3 Å². The van der Waals surface area contributed by atoms with E-state index in [9.17, 15) is 4.39 Å². The number of rotatable bonds is 2. The first kappa shape index (κ1) is 10.5. The molecule has 2 rings (SSSR count). The van der Waals surface area contributed by atoms with Crippen LogP contribution in [-0.4, -0.2) is 9.97 Å². The number of aryl methyl sites for hydroxylation is 1. The molecule has 16 heavy (non-hydrogen) atoms. The van der Waals surface area contributed by atoms with Gasteiger partial charge in [0, 0.05) is 16.9 Å². The Morgan fingerprint density at radius 1 is 1.25 bits per heavy atom. The van der Waals surface area contributed by atoms with E-state index in [-0.39, 0.29) is 0 Å². The van der Waals surface area contributed by atoms with Crippen molar-refractivity contribution < 1.29 is 4.39 Å². The second-order valence-electron chi connectivity index (χ2n) is 3.60. The number of benzene rings is 1. The van der Waals surface area contributed by atoms with Crippen molar-refractivity contribution >= 4 is 5.69 Å². The van der Waals surface area contributed by atoms with E-state index in [1.165, 1.54) is 6.33 Å². The van der Waals surface area contributed by atoms with Gasteiger partial charge in [0.1, 0.15) is 13.0 Å². The predicted octanol–water partition coefficient (Wildman–Crippen LogP) is 2.50. The molecule has 0 fully saturated rings. The molecule has 2 N–H and O–H groups in total. The first-order valence-corrected chi connectivity index (χ1v) is 4.94. The number of nitrogens with zero attached hydrogens (tertiary/aromatic N) is 2. The van der Waals surface area contributed by atoms with Crippen LogP contribution in [-0.2, 0) is 6.67 Å². The van der Waals surface area contributed by atoms with Crippen molar-refractivity contribution in [3.05, 3.63) is 41.9 Å². The zero-order chi connectivity index (χ0) is 11.5. The highest BCUT2D eigenvalue weighted by Gasteiger charge is 2.05. The number of anilines is 1. The summed E-state index contributed by atoms with van der Waals surface area (Å²) in [5, 5.41) is 0. The zero-order valence-corrected chi connectivity index (χ0v) is 8.94. The Balaban J connectivity index is 2.54. The summed E-state index contributed by atoms with van der Waals surface area (Å²) in [5.41, 5.74) is 9.36. The molecular weight excluding hydrogens is 205 g/mol. The number of hydrogen-bond acceptors (Lipinski definition) is 3. The van der Waals surface area contributed by atoms with E-state index in [0.717, 1.165) is 17.0 Å².